The minimum absolute atomic E-state index is 0.249. The molecule has 3 heterocycles. The van der Waals surface area contributed by atoms with E-state index in [0.29, 0.717) is 6.42 Å². The summed E-state index contributed by atoms with van der Waals surface area (Å²) in [6, 6.07) is 19.7. The molecule has 26 heavy (non-hydrogen) atoms. The zero-order chi connectivity index (χ0) is 18.0. The molecule has 0 fully saturated rings. The summed E-state index contributed by atoms with van der Waals surface area (Å²) in [4.78, 5) is 22.4. The van der Waals surface area contributed by atoms with Crippen LogP contribution >= 0.6 is 0 Å². The minimum atomic E-state index is 0.249. The Bertz CT molecular complexity index is 866. The van der Waals surface area contributed by atoms with Gasteiger partial charge in [0.25, 0.3) is 0 Å². The van der Waals surface area contributed by atoms with Gasteiger partial charge in [-0.3, -0.25) is 14.8 Å². The van der Waals surface area contributed by atoms with Gasteiger partial charge in [0.2, 0.25) is 0 Å². The van der Waals surface area contributed by atoms with Crippen LogP contribution in [0.4, 0.5) is 0 Å². The van der Waals surface area contributed by atoms with E-state index in [-0.39, 0.29) is 5.78 Å². The average Bonchev–Trinajstić information content (AvgIpc) is 3.29. The molecule has 0 saturated heterocycles. The molecular formula is C22H21N3O. The van der Waals surface area contributed by atoms with Crippen LogP contribution in [0.25, 0.3) is 10.9 Å². The van der Waals surface area contributed by atoms with Crippen molar-refractivity contribution in [1.29, 1.82) is 0 Å². The Morgan fingerprint density at radius 3 is 2.23 bits per heavy atom. The van der Waals surface area contributed by atoms with E-state index in [2.05, 4.69) is 27.1 Å². The quantitative estimate of drug-likeness (QED) is 0.496. The van der Waals surface area contributed by atoms with Crippen LogP contribution in [0, 0.1) is 0 Å². The number of aryl methyl sites for hydroxylation is 1. The molecule has 1 aliphatic carbocycles. The molecule has 0 spiro atoms. The van der Waals surface area contributed by atoms with Gasteiger partial charge in [0.1, 0.15) is 0 Å². The maximum absolute atomic E-state index is 11.2. The predicted molar refractivity (Wildman–Crippen MR) is 104 cm³/mol. The number of ketones is 1. The van der Waals surface area contributed by atoms with Gasteiger partial charge in [0.05, 0.1) is 11.2 Å². The lowest BCUT2D eigenvalue weighted by Gasteiger charge is -2.11. The summed E-state index contributed by atoms with van der Waals surface area (Å²) < 4.78 is 0. The zero-order valence-electron chi connectivity index (χ0n) is 14.5. The second-order valence-corrected chi connectivity index (χ2v) is 5.86. The number of pyridine rings is 2. The van der Waals surface area contributed by atoms with Gasteiger partial charge in [-0.1, -0.05) is 24.3 Å². The van der Waals surface area contributed by atoms with Gasteiger partial charge in [-0.25, -0.2) is 0 Å². The van der Waals surface area contributed by atoms with Gasteiger partial charge in [0.15, 0.2) is 5.78 Å². The first-order valence-corrected chi connectivity index (χ1v) is 8.69. The number of carbonyl (C=O) groups is 1. The van der Waals surface area contributed by atoms with Crippen LogP contribution in [-0.2, 0) is 6.42 Å². The Labute approximate surface area is 153 Å². The molecule has 130 valence electrons. The van der Waals surface area contributed by atoms with Crippen LogP contribution < -0.4 is 0 Å². The maximum Gasteiger partial charge on any atom is 0.164 e. The summed E-state index contributed by atoms with van der Waals surface area (Å²) in [6.45, 7) is 0. The molecule has 0 radical (unpaired) electrons. The Hall–Kier alpha value is -3.27. The van der Waals surface area contributed by atoms with Gasteiger partial charge in [0, 0.05) is 42.2 Å². The standard InChI is InChI=1S/C9H9NO.C9H7N.C4H5N/c11-9-5-1-4-8-7(9)3-2-6-10-8;1-2-6-9-8(4-1)5-3-7-10-9;1-2-4-5-3-1/h2-3,6H,1,4-5H2;1-7H;1-5H. The van der Waals surface area contributed by atoms with E-state index in [1.54, 1.807) is 6.20 Å². The maximum atomic E-state index is 11.2. The van der Waals surface area contributed by atoms with Crippen molar-refractivity contribution in [2.24, 2.45) is 0 Å². The summed E-state index contributed by atoms with van der Waals surface area (Å²) in [5.74, 6) is 0.249. The summed E-state index contributed by atoms with van der Waals surface area (Å²) in [7, 11) is 0. The van der Waals surface area contributed by atoms with Gasteiger partial charge in [-0.2, -0.15) is 0 Å². The van der Waals surface area contributed by atoms with E-state index in [9.17, 15) is 4.79 Å². The largest absolute Gasteiger partial charge is 0.368 e. The third-order valence-electron chi connectivity index (χ3n) is 4.02. The molecule has 1 N–H and O–H groups in total. The molecule has 1 aromatic carbocycles. The summed E-state index contributed by atoms with van der Waals surface area (Å²) in [5, 5.41) is 1.20. The molecule has 3 aromatic heterocycles. The SMILES string of the molecule is O=C1CCCc2ncccc21.c1cc[nH]c1.c1ccc2ncccc2c1. The first-order chi connectivity index (χ1) is 12.8. The fourth-order valence-corrected chi connectivity index (χ4v) is 2.74. The van der Waals surface area contributed by atoms with Crippen molar-refractivity contribution in [3.63, 3.8) is 0 Å². The van der Waals surface area contributed by atoms with E-state index < -0.39 is 0 Å². The highest BCUT2D eigenvalue weighted by atomic mass is 16.1. The Kier molecular flexibility index (Phi) is 6.26. The molecule has 0 unspecified atom stereocenters. The summed E-state index contributed by atoms with van der Waals surface area (Å²) >= 11 is 0. The second kappa shape index (κ2) is 9.28. The molecule has 4 aromatic rings. The molecule has 0 atom stereocenters. The lowest BCUT2D eigenvalue weighted by Crippen LogP contribution is -2.11. The fraction of sp³-hybridized carbons (Fsp3) is 0.136. The molecule has 0 aliphatic heterocycles. The number of hydrogen-bond acceptors (Lipinski definition) is 3. The number of carbonyl (C=O) groups excluding carboxylic acids is 1. The molecule has 4 nitrogen and oxygen atoms in total. The minimum Gasteiger partial charge on any atom is -0.368 e. The lowest BCUT2D eigenvalue weighted by molar-refractivity contribution is 0.0971. The smallest absolute Gasteiger partial charge is 0.164 e. The Morgan fingerprint density at radius 2 is 1.50 bits per heavy atom. The zero-order valence-corrected chi connectivity index (χ0v) is 14.5. The van der Waals surface area contributed by atoms with Crippen molar-refractivity contribution in [3.05, 3.63) is 96.7 Å². The lowest BCUT2D eigenvalue weighted by atomic mass is 9.95. The number of hydrogen-bond donors (Lipinski definition) is 1. The average molecular weight is 343 g/mol. The normalized spacial score (nSPS) is 12.2. The molecular weight excluding hydrogens is 322 g/mol. The highest BCUT2D eigenvalue weighted by Crippen LogP contribution is 2.17. The number of Topliss-reactive ketones (excluding diaryl/α,β-unsaturated/α-hetero) is 1. The first-order valence-electron chi connectivity index (χ1n) is 8.69. The number of nitrogens with zero attached hydrogens (tertiary/aromatic N) is 2. The molecule has 0 bridgehead atoms. The van der Waals surface area contributed by atoms with Crippen molar-refractivity contribution in [2.75, 3.05) is 0 Å². The Balaban J connectivity index is 0.000000121. The molecule has 0 saturated carbocycles. The van der Waals surface area contributed by atoms with E-state index in [4.69, 9.17) is 0 Å². The topological polar surface area (TPSA) is 58.6 Å². The number of nitrogens with one attached hydrogen (secondary N) is 1. The van der Waals surface area contributed by atoms with Crippen molar-refractivity contribution in [1.82, 2.24) is 15.0 Å². The number of rotatable bonds is 0. The van der Waals surface area contributed by atoms with Crippen LogP contribution in [0.2, 0.25) is 0 Å². The summed E-state index contributed by atoms with van der Waals surface area (Å²) in [5.41, 5.74) is 2.87. The number of aromatic amines is 1. The molecule has 5 rings (SSSR count). The number of benzene rings is 1. The van der Waals surface area contributed by atoms with Crippen molar-refractivity contribution in [3.8, 4) is 0 Å². The van der Waals surface area contributed by atoms with Crippen LogP contribution in [0.1, 0.15) is 28.9 Å². The van der Waals surface area contributed by atoms with Crippen LogP contribution in [0.3, 0.4) is 0 Å². The summed E-state index contributed by atoms with van der Waals surface area (Å²) in [6.07, 6.45) is 9.92. The van der Waals surface area contributed by atoms with E-state index in [1.807, 2.05) is 67.1 Å². The number of fused-ring (bicyclic) bond motifs is 2. The highest BCUT2D eigenvalue weighted by molar-refractivity contribution is 5.97. The second-order valence-electron chi connectivity index (χ2n) is 5.86. The van der Waals surface area contributed by atoms with Gasteiger partial charge in [-0.05, 0) is 49.2 Å². The molecule has 0 amide bonds. The van der Waals surface area contributed by atoms with E-state index in [1.165, 1.54) is 5.39 Å². The highest BCUT2D eigenvalue weighted by Gasteiger charge is 2.16. The third kappa shape index (κ3) is 4.86. The van der Waals surface area contributed by atoms with E-state index in [0.717, 1.165) is 29.6 Å². The predicted octanol–water partition coefficient (Wildman–Crippen LogP) is 4.85. The van der Waals surface area contributed by atoms with Gasteiger partial charge >= 0.3 is 0 Å². The third-order valence-corrected chi connectivity index (χ3v) is 4.02. The van der Waals surface area contributed by atoms with Crippen LogP contribution in [-0.4, -0.2) is 20.7 Å². The van der Waals surface area contributed by atoms with Crippen molar-refractivity contribution >= 4 is 16.7 Å². The fourth-order valence-electron chi connectivity index (χ4n) is 2.74. The van der Waals surface area contributed by atoms with Crippen molar-refractivity contribution in [2.45, 2.75) is 19.3 Å². The molecule has 4 heteroatoms. The number of aromatic nitrogens is 3. The van der Waals surface area contributed by atoms with Crippen LogP contribution in [0.5, 0.6) is 0 Å². The Morgan fingerprint density at radius 1 is 0.769 bits per heavy atom. The first kappa shape index (κ1) is 17.5. The van der Waals surface area contributed by atoms with Crippen molar-refractivity contribution < 1.29 is 4.79 Å². The number of para-hydroxylation sites is 1. The van der Waals surface area contributed by atoms with Gasteiger partial charge < -0.3 is 4.98 Å². The van der Waals surface area contributed by atoms with Gasteiger partial charge in [-0.15, -0.1) is 0 Å². The number of H-pyrrole nitrogens is 1. The monoisotopic (exact) mass is 343 g/mol. The van der Waals surface area contributed by atoms with E-state index >= 15 is 0 Å². The van der Waals surface area contributed by atoms with Crippen LogP contribution in [0.15, 0.2) is 85.5 Å². The molecule has 1 aliphatic rings.